The molecule has 0 aliphatic heterocycles. The number of hydrogen-bond acceptors (Lipinski definition) is 3. The maximum Gasteiger partial charge on any atom is 0.243 e. The molecule has 0 aliphatic carbocycles. The second-order valence-corrected chi connectivity index (χ2v) is 7.17. The molecule has 0 aliphatic rings. The van der Waals surface area contributed by atoms with Gasteiger partial charge in [0.2, 0.25) is 10.0 Å². The zero-order valence-corrected chi connectivity index (χ0v) is 14.2. The maximum atomic E-state index is 12.0. The molecule has 0 radical (unpaired) electrons. The Morgan fingerprint density at radius 3 is 2.24 bits per heavy atom. The van der Waals surface area contributed by atoms with E-state index in [0.29, 0.717) is 13.1 Å². The van der Waals surface area contributed by atoms with Crippen LogP contribution in [0.1, 0.15) is 65.2 Å². The number of aromatic nitrogens is 2. The van der Waals surface area contributed by atoms with Crippen molar-refractivity contribution in [3.8, 4) is 0 Å². The first-order chi connectivity index (χ1) is 10.1. The topological polar surface area (TPSA) is 64.0 Å². The zero-order chi connectivity index (χ0) is 15.6. The number of nitrogens with zero attached hydrogens (tertiary/aromatic N) is 2. The average molecular weight is 315 g/mol. The van der Waals surface area contributed by atoms with E-state index in [0.717, 1.165) is 12.8 Å². The Balaban J connectivity index is 2.14. The van der Waals surface area contributed by atoms with Crippen LogP contribution in [-0.4, -0.2) is 24.7 Å². The van der Waals surface area contributed by atoms with Crippen LogP contribution in [0.4, 0.5) is 0 Å². The molecule has 122 valence electrons. The molecule has 1 aromatic rings. The molecule has 0 bridgehead atoms. The lowest BCUT2D eigenvalue weighted by molar-refractivity contribution is 0.559. The van der Waals surface area contributed by atoms with Crippen LogP contribution in [0.5, 0.6) is 0 Å². The van der Waals surface area contributed by atoms with Crippen LogP contribution in [0, 0.1) is 0 Å². The Morgan fingerprint density at radius 1 is 1.05 bits per heavy atom. The van der Waals surface area contributed by atoms with Crippen LogP contribution < -0.4 is 4.72 Å². The van der Waals surface area contributed by atoms with Crippen LogP contribution in [0.2, 0.25) is 0 Å². The third kappa shape index (κ3) is 7.09. The van der Waals surface area contributed by atoms with Crippen LogP contribution in [-0.2, 0) is 16.6 Å². The summed E-state index contributed by atoms with van der Waals surface area (Å²) in [5.41, 5.74) is 0. The Kier molecular flexibility index (Phi) is 8.61. The Morgan fingerprint density at radius 2 is 1.67 bits per heavy atom. The summed E-state index contributed by atoms with van der Waals surface area (Å²) in [5, 5.41) is 3.99. The van der Waals surface area contributed by atoms with E-state index in [1.165, 1.54) is 44.7 Å². The zero-order valence-electron chi connectivity index (χ0n) is 13.3. The summed E-state index contributed by atoms with van der Waals surface area (Å²) in [5.74, 6) is 0. The normalized spacial score (nSPS) is 11.9. The van der Waals surface area contributed by atoms with Crippen molar-refractivity contribution in [1.29, 1.82) is 0 Å². The van der Waals surface area contributed by atoms with Gasteiger partial charge < -0.3 is 0 Å². The van der Waals surface area contributed by atoms with Gasteiger partial charge in [-0.15, -0.1) is 0 Å². The average Bonchev–Trinajstić information content (AvgIpc) is 2.95. The summed E-state index contributed by atoms with van der Waals surface area (Å²) >= 11 is 0. The molecular formula is C15H29N3O2S. The Bertz CT molecular complexity index is 483. The van der Waals surface area contributed by atoms with E-state index in [1.807, 2.05) is 6.92 Å². The number of unbranched alkanes of at least 4 members (excludes halogenated alkanes) is 7. The van der Waals surface area contributed by atoms with Crippen LogP contribution in [0.25, 0.3) is 0 Å². The van der Waals surface area contributed by atoms with Gasteiger partial charge in [-0.3, -0.25) is 4.68 Å². The number of sulfonamides is 1. The minimum atomic E-state index is -3.39. The van der Waals surface area contributed by atoms with Crippen LogP contribution >= 0.6 is 0 Å². The van der Waals surface area contributed by atoms with Gasteiger partial charge in [-0.1, -0.05) is 51.9 Å². The standard InChI is InChI=1S/C15H29N3O2S/c1-3-5-6-7-8-9-10-11-12-17-21(19,20)15-13-16-18(4-2)14-15/h13-14,17H,3-12H2,1-2H3. The second-order valence-electron chi connectivity index (χ2n) is 5.40. The lowest BCUT2D eigenvalue weighted by atomic mass is 10.1. The molecule has 21 heavy (non-hydrogen) atoms. The number of nitrogens with one attached hydrogen (secondary N) is 1. The number of hydrogen-bond donors (Lipinski definition) is 1. The van der Waals surface area contributed by atoms with Crippen LogP contribution in [0.15, 0.2) is 17.3 Å². The predicted octanol–water partition coefficient (Wildman–Crippen LogP) is 3.32. The highest BCUT2D eigenvalue weighted by atomic mass is 32.2. The van der Waals surface area contributed by atoms with Gasteiger partial charge >= 0.3 is 0 Å². The molecule has 5 nitrogen and oxygen atoms in total. The SMILES string of the molecule is CCCCCCCCCCNS(=O)(=O)c1cnn(CC)c1. The molecule has 1 N–H and O–H groups in total. The molecule has 0 unspecified atom stereocenters. The number of rotatable bonds is 12. The first-order valence-corrected chi connectivity index (χ1v) is 9.60. The third-order valence-corrected chi connectivity index (χ3v) is 4.98. The highest BCUT2D eigenvalue weighted by Crippen LogP contribution is 2.09. The summed E-state index contributed by atoms with van der Waals surface area (Å²) in [6.45, 7) is 5.33. The van der Waals surface area contributed by atoms with Gasteiger partial charge in [-0.2, -0.15) is 5.10 Å². The van der Waals surface area contributed by atoms with Crippen LogP contribution in [0.3, 0.4) is 0 Å². The van der Waals surface area contributed by atoms with E-state index in [-0.39, 0.29) is 4.90 Å². The van der Waals surface area contributed by atoms with E-state index >= 15 is 0 Å². The summed E-state index contributed by atoms with van der Waals surface area (Å²) in [7, 11) is -3.39. The molecule has 0 spiro atoms. The smallest absolute Gasteiger partial charge is 0.243 e. The summed E-state index contributed by atoms with van der Waals surface area (Å²) in [6, 6.07) is 0. The minimum Gasteiger partial charge on any atom is -0.272 e. The fourth-order valence-electron chi connectivity index (χ4n) is 2.21. The second kappa shape index (κ2) is 9.95. The monoisotopic (exact) mass is 315 g/mol. The highest BCUT2D eigenvalue weighted by molar-refractivity contribution is 7.89. The molecule has 0 fully saturated rings. The first kappa shape index (κ1) is 18.2. The maximum absolute atomic E-state index is 12.0. The fourth-order valence-corrected chi connectivity index (χ4v) is 3.23. The third-order valence-electron chi connectivity index (χ3n) is 3.57. The van der Waals surface area contributed by atoms with E-state index in [4.69, 9.17) is 0 Å². The summed E-state index contributed by atoms with van der Waals surface area (Å²) < 4.78 is 28.3. The van der Waals surface area contributed by atoms with Gasteiger partial charge in [-0.25, -0.2) is 13.1 Å². The molecule has 0 atom stereocenters. The summed E-state index contributed by atoms with van der Waals surface area (Å²) in [4.78, 5) is 0.254. The van der Waals surface area contributed by atoms with Crippen molar-refractivity contribution in [3.63, 3.8) is 0 Å². The van der Waals surface area contributed by atoms with Crippen molar-refractivity contribution in [2.75, 3.05) is 6.54 Å². The quantitative estimate of drug-likeness (QED) is 0.602. The van der Waals surface area contributed by atoms with Crippen molar-refractivity contribution in [2.45, 2.75) is 76.7 Å². The Labute approximate surface area is 129 Å². The van der Waals surface area contributed by atoms with Gasteiger partial charge in [-0.05, 0) is 13.3 Å². The molecule has 1 aromatic heterocycles. The van der Waals surface area contributed by atoms with Gasteiger partial charge in [0.1, 0.15) is 4.90 Å². The van der Waals surface area contributed by atoms with E-state index in [1.54, 1.807) is 10.9 Å². The molecular weight excluding hydrogens is 286 g/mol. The van der Waals surface area contributed by atoms with E-state index in [2.05, 4.69) is 16.7 Å². The van der Waals surface area contributed by atoms with Crippen molar-refractivity contribution in [2.24, 2.45) is 0 Å². The van der Waals surface area contributed by atoms with Gasteiger partial charge in [0.05, 0.1) is 6.20 Å². The number of aryl methyl sites for hydroxylation is 1. The molecule has 1 heterocycles. The van der Waals surface area contributed by atoms with Crippen molar-refractivity contribution in [1.82, 2.24) is 14.5 Å². The lowest BCUT2D eigenvalue weighted by Gasteiger charge is -2.05. The first-order valence-electron chi connectivity index (χ1n) is 8.12. The summed E-state index contributed by atoms with van der Waals surface area (Å²) in [6.07, 6.45) is 12.6. The molecule has 0 aromatic carbocycles. The highest BCUT2D eigenvalue weighted by Gasteiger charge is 2.15. The molecule has 0 saturated heterocycles. The predicted molar refractivity (Wildman–Crippen MR) is 85.7 cm³/mol. The van der Waals surface area contributed by atoms with E-state index < -0.39 is 10.0 Å². The molecule has 0 amide bonds. The lowest BCUT2D eigenvalue weighted by Crippen LogP contribution is -2.24. The van der Waals surface area contributed by atoms with Crippen molar-refractivity contribution >= 4 is 10.0 Å². The van der Waals surface area contributed by atoms with Gasteiger partial charge in [0.15, 0.2) is 0 Å². The van der Waals surface area contributed by atoms with Crippen molar-refractivity contribution < 1.29 is 8.42 Å². The fraction of sp³-hybridized carbons (Fsp3) is 0.800. The minimum absolute atomic E-state index is 0.254. The van der Waals surface area contributed by atoms with Gasteiger partial charge in [0.25, 0.3) is 0 Å². The molecule has 6 heteroatoms. The molecule has 0 saturated carbocycles. The van der Waals surface area contributed by atoms with Gasteiger partial charge in [0, 0.05) is 19.3 Å². The largest absolute Gasteiger partial charge is 0.272 e. The molecule has 1 rings (SSSR count). The van der Waals surface area contributed by atoms with E-state index in [9.17, 15) is 8.42 Å². The Hall–Kier alpha value is -0.880. The van der Waals surface area contributed by atoms with Crippen molar-refractivity contribution in [3.05, 3.63) is 12.4 Å².